The zero-order valence-electron chi connectivity index (χ0n) is 7.77. The van der Waals surface area contributed by atoms with Crippen LogP contribution in [-0.2, 0) is 6.42 Å². The van der Waals surface area contributed by atoms with Crippen LogP contribution in [0.4, 0.5) is 5.82 Å². The number of rotatable bonds is 2. The summed E-state index contributed by atoms with van der Waals surface area (Å²) in [6.45, 7) is 0.101. The average Bonchev–Trinajstić information content (AvgIpc) is 2.19. The van der Waals surface area contributed by atoms with Gasteiger partial charge in [0.1, 0.15) is 5.82 Å². The first-order valence-electron chi connectivity index (χ1n) is 4.56. The molecule has 14 heavy (non-hydrogen) atoms. The van der Waals surface area contributed by atoms with Gasteiger partial charge in [-0.3, -0.25) is 0 Å². The third kappa shape index (κ3) is 1.54. The number of nitrogen functional groups attached to an aromatic ring is 1. The molecule has 0 radical (unpaired) electrons. The number of nitrogens with zero attached hydrogens (tertiary/aromatic N) is 1. The van der Waals surface area contributed by atoms with Crippen molar-refractivity contribution < 1.29 is 5.11 Å². The lowest BCUT2D eigenvalue weighted by Crippen LogP contribution is -2.00. The monoisotopic (exact) mass is 188 g/mol. The second kappa shape index (κ2) is 3.64. The summed E-state index contributed by atoms with van der Waals surface area (Å²) >= 11 is 0. The molecule has 72 valence electrons. The maximum absolute atomic E-state index is 8.83. The Morgan fingerprint density at radius 1 is 1.29 bits per heavy atom. The maximum Gasteiger partial charge on any atom is 0.127 e. The Balaban J connectivity index is 2.59. The van der Waals surface area contributed by atoms with E-state index in [9.17, 15) is 0 Å². The Kier molecular flexibility index (Phi) is 2.33. The molecule has 0 bridgehead atoms. The molecule has 3 N–H and O–H groups in total. The molecule has 0 aliphatic rings. The van der Waals surface area contributed by atoms with Crippen LogP contribution >= 0.6 is 0 Å². The molecule has 2 aromatic rings. The van der Waals surface area contributed by atoms with E-state index in [0.717, 1.165) is 16.5 Å². The summed E-state index contributed by atoms with van der Waals surface area (Å²) in [5.74, 6) is 0.512. The van der Waals surface area contributed by atoms with Gasteiger partial charge in [0.15, 0.2) is 0 Å². The fourth-order valence-electron chi connectivity index (χ4n) is 1.50. The SMILES string of the molecule is Nc1nc2ccccc2cc1CCO. The van der Waals surface area contributed by atoms with Crippen LogP contribution < -0.4 is 5.73 Å². The highest BCUT2D eigenvalue weighted by atomic mass is 16.2. The number of benzene rings is 1. The number of aromatic nitrogens is 1. The Bertz CT molecular complexity index is 454. The minimum absolute atomic E-state index is 0.101. The molecule has 0 saturated heterocycles. The van der Waals surface area contributed by atoms with Crippen LogP contribution in [0.15, 0.2) is 30.3 Å². The summed E-state index contributed by atoms with van der Waals surface area (Å²) in [7, 11) is 0. The van der Waals surface area contributed by atoms with E-state index in [1.165, 1.54) is 0 Å². The van der Waals surface area contributed by atoms with E-state index < -0.39 is 0 Å². The molecule has 2 rings (SSSR count). The molecule has 1 aromatic carbocycles. The van der Waals surface area contributed by atoms with Gasteiger partial charge < -0.3 is 10.8 Å². The predicted octanol–water partition coefficient (Wildman–Crippen LogP) is 1.35. The van der Waals surface area contributed by atoms with Crippen molar-refractivity contribution >= 4 is 16.7 Å². The molecular weight excluding hydrogens is 176 g/mol. The highest BCUT2D eigenvalue weighted by Gasteiger charge is 2.02. The Morgan fingerprint density at radius 2 is 2.07 bits per heavy atom. The summed E-state index contributed by atoms with van der Waals surface area (Å²) in [5.41, 5.74) is 7.55. The number of fused-ring (bicyclic) bond motifs is 1. The van der Waals surface area contributed by atoms with E-state index in [-0.39, 0.29) is 6.61 Å². The van der Waals surface area contributed by atoms with Gasteiger partial charge in [0, 0.05) is 12.0 Å². The van der Waals surface area contributed by atoms with Gasteiger partial charge in [-0.25, -0.2) is 4.98 Å². The van der Waals surface area contributed by atoms with E-state index in [1.807, 2.05) is 30.3 Å². The highest BCUT2D eigenvalue weighted by Crippen LogP contribution is 2.18. The normalized spacial score (nSPS) is 10.6. The van der Waals surface area contributed by atoms with Crippen molar-refractivity contribution in [2.75, 3.05) is 12.3 Å². The summed E-state index contributed by atoms with van der Waals surface area (Å²) < 4.78 is 0. The number of aliphatic hydroxyl groups excluding tert-OH is 1. The molecular formula is C11H12N2O. The number of aliphatic hydroxyl groups is 1. The smallest absolute Gasteiger partial charge is 0.127 e. The van der Waals surface area contributed by atoms with Crippen LogP contribution in [-0.4, -0.2) is 16.7 Å². The van der Waals surface area contributed by atoms with E-state index in [1.54, 1.807) is 0 Å². The van der Waals surface area contributed by atoms with Crippen LogP contribution in [0.25, 0.3) is 10.9 Å². The highest BCUT2D eigenvalue weighted by molar-refractivity contribution is 5.81. The number of nitrogens with two attached hydrogens (primary N) is 1. The molecule has 0 unspecified atom stereocenters. The molecule has 0 amide bonds. The summed E-state index contributed by atoms with van der Waals surface area (Å²) in [6, 6.07) is 9.79. The molecule has 0 aliphatic carbocycles. The Labute approximate surface area is 82.2 Å². The second-order valence-corrected chi connectivity index (χ2v) is 3.20. The molecule has 1 heterocycles. The van der Waals surface area contributed by atoms with Crippen molar-refractivity contribution in [3.8, 4) is 0 Å². The minimum atomic E-state index is 0.101. The van der Waals surface area contributed by atoms with Crippen molar-refractivity contribution in [3.05, 3.63) is 35.9 Å². The van der Waals surface area contributed by atoms with E-state index in [4.69, 9.17) is 10.8 Å². The van der Waals surface area contributed by atoms with Crippen molar-refractivity contribution in [1.29, 1.82) is 0 Å². The summed E-state index contributed by atoms with van der Waals surface area (Å²) in [4.78, 5) is 4.26. The number of hydrogen-bond acceptors (Lipinski definition) is 3. The van der Waals surface area contributed by atoms with Gasteiger partial charge in [-0.2, -0.15) is 0 Å². The maximum atomic E-state index is 8.83. The van der Waals surface area contributed by atoms with E-state index in [0.29, 0.717) is 12.2 Å². The molecule has 0 aliphatic heterocycles. The first-order chi connectivity index (χ1) is 6.81. The van der Waals surface area contributed by atoms with Gasteiger partial charge in [0.2, 0.25) is 0 Å². The topological polar surface area (TPSA) is 59.1 Å². The molecule has 0 atom stereocenters. The third-order valence-corrected chi connectivity index (χ3v) is 2.22. The number of hydrogen-bond donors (Lipinski definition) is 2. The summed E-state index contributed by atoms with van der Waals surface area (Å²) in [5, 5.41) is 9.89. The lowest BCUT2D eigenvalue weighted by molar-refractivity contribution is 0.300. The third-order valence-electron chi connectivity index (χ3n) is 2.22. The number of para-hydroxylation sites is 1. The zero-order chi connectivity index (χ0) is 9.97. The molecule has 1 aromatic heterocycles. The van der Waals surface area contributed by atoms with Crippen LogP contribution in [0, 0.1) is 0 Å². The fraction of sp³-hybridized carbons (Fsp3) is 0.182. The van der Waals surface area contributed by atoms with Gasteiger partial charge in [-0.15, -0.1) is 0 Å². The Hall–Kier alpha value is -1.61. The standard InChI is InChI=1S/C11H12N2O/c12-11-9(5-6-14)7-8-3-1-2-4-10(8)13-11/h1-4,7,14H,5-6H2,(H2,12,13). The lowest BCUT2D eigenvalue weighted by atomic mass is 10.1. The number of anilines is 1. The van der Waals surface area contributed by atoms with Crippen LogP contribution in [0.1, 0.15) is 5.56 Å². The van der Waals surface area contributed by atoms with Gasteiger partial charge in [-0.1, -0.05) is 18.2 Å². The molecule has 0 spiro atoms. The molecule has 0 fully saturated rings. The minimum Gasteiger partial charge on any atom is -0.396 e. The molecule has 3 nitrogen and oxygen atoms in total. The first-order valence-corrected chi connectivity index (χ1v) is 4.56. The van der Waals surface area contributed by atoms with Crippen LogP contribution in [0.3, 0.4) is 0 Å². The van der Waals surface area contributed by atoms with Crippen molar-refractivity contribution in [2.24, 2.45) is 0 Å². The predicted molar refractivity (Wildman–Crippen MR) is 56.9 cm³/mol. The van der Waals surface area contributed by atoms with E-state index >= 15 is 0 Å². The summed E-state index contributed by atoms with van der Waals surface area (Å²) in [6.07, 6.45) is 0.559. The van der Waals surface area contributed by atoms with Gasteiger partial charge in [0.25, 0.3) is 0 Å². The quantitative estimate of drug-likeness (QED) is 0.748. The van der Waals surface area contributed by atoms with Crippen molar-refractivity contribution in [1.82, 2.24) is 4.98 Å². The average molecular weight is 188 g/mol. The van der Waals surface area contributed by atoms with Crippen molar-refractivity contribution in [3.63, 3.8) is 0 Å². The zero-order valence-corrected chi connectivity index (χ0v) is 7.77. The van der Waals surface area contributed by atoms with Gasteiger partial charge in [0.05, 0.1) is 5.52 Å². The molecule has 3 heteroatoms. The van der Waals surface area contributed by atoms with Crippen molar-refractivity contribution in [2.45, 2.75) is 6.42 Å². The largest absolute Gasteiger partial charge is 0.396 e. The molecule has 0 saturated carbocycles. The first kappa shape index (κ1) is 8.97. The number of pyridine rings is 1. The van der Waals surface area contributed by atoms with Gasteiger partial charge in [-0.05, 0) is 24.1 Å². The Morgan fingerprint density at radius 3 is 2.86 bits per heavy atom. The van der Waals surface area contributed by atoms with E-state index in [2.05, 4.69) is 4.98 Å². The fourth-order valence-corrected chi connectivity index (χ4v) is 1.50. The van der Waals surface area contributed by atoms with Gasteiger partial charge >= 0.3 is 0 Å². The lowest BCUT2D eigenvalue weighted by Gasteiger charge is -2.05. The van der Waals surface area contributed by atoms with Crippen LogP contribution in [0.2, 0.25) is 0 Å². The second-order valence-electron chi connectivity index (χ2n) is 3.20. The van der Waals surface area contributed by atoms with Crippen LogP contribution in [0.5, 0.6) is 0 Å².